The van der Waals surface area contributed by atoms with Crippen LogP contribution in [0.15, 0.2) is 18.5 Å². The van der Waals surface area contributed by atoms with E-state index in [0.29, 0.717) is 11.4 Å². The molecule has 0 bridgehead atoms. The molecule has 2 heterocycles. The van der Waals surface area contributed by atoms with E-state index >= 15 is 0 Å². The lowest BCUT2D eigenvalue weighted by atomic mass is 10.2. The summed E-state index contributed by atoms with van der Waals surface area (Å²) in [5.41, 5.74) is 1.40. The van der Waals surface area contributed by atoms with Gasteiger partial charge in [-0.2, -0.15) is 10.2 Å². The maximum absolute atomic E-state index is 11.2. The molecule has 0 aromatic carbocycles. The monoisotopic (exact) mass is 248 g/mol. The van der Waals surface area contributed by atoms with Gasteiger partial charge in [0.2, 0.25) is 0 Å². The van der Waals surface area contributed by atoms with Gasteiger partial charge in [-0.05, 0) is 12.5 Å². The summed E-state index contributed by atoms with van der Waals surface area (Å²) in [6.07, 6.45) is 5.24. The van der Waals surface area contributed by atoms with Crippen molar-refractivity contribution in [3.8, 4) is 11.4 Å². The van der Waals surface area contributed by atoms with Crippen molar-refractivity contribution in [3.63, 3.8) is 0 Å². The van der Waals surface area contributed by atoms with Crippen LogP contribution in [0.3, 0.4) is 0 Å². The largest absolute Gasteiger partial charge is 0.478 e. The molecule has 0 saturated carbocycles. The van der Waals surface area contributed by atoms with Gasteiger partial charge in [0, 0.05) is 26.0 Å². The second-order valence-electron chi connectivity index (χ2n) is 4.15. The van der Waals surface area contributed by atoms with Gasteiger partial charge in [0.05, 0.1) is 5.69 Å². The summed E-state index contributed by atoms with van der Waals surface area (Å²) in [6, 6.07) is 1.76. The standard InChI is InChI=1S/C12H16N4O2/c1-3-4-7-16-8-9(12(17)18)11(14-16)10-5-6-13-15(10)2/h5-6,8H,3-4,7H2,1-2H3,(H,17,18). The molecular weight excluding hydrogens is 232 g/mol. The topological polar surface area (TPSA) is 72.9 Å². The summed E-state index contributed by atoms with van der Waals surface area (Å²) in [5, 5.41) is 17.6. The molecule has 1 N–H and O–H groups in total. The Kier molecular flexibility index (Phi) is 3.45. The van der Waals surface area contributed by atoms with Crippen LogP contribution in [0.25, 0.3) is 11.4 Å². The van der Waals surface area contributed by atoms with E-state index in [1.165, 1.54) is 0 Å². The highest BCUT2D eigenvalue weighted by atomic mass is 16.4. The van der Waals surface area contributed by atoms with Crippen molar-refractivity contribution in [1.82, 2.24) is 19.6 Å². The van der Waals surface area contributed by atoms with Crippen LogP contribution in [-0.4, -0.2) is 30.6 Å². The lowest BCUT2D eigenvalue weighted by Gasteiger charge is -1.99. The van der Waals surface area contributed by atoms with Crippen LogP contribution >= 0.6 is 0 Å². The van der Waals surface area contributed by atoms with E-state index in [2.05, 4.69) is 17.1 Å². The third-order valence-corrected chi connectivity index (χ3v) is 2.80. The Morgan fingerprint density at radius 1 is 1.50 bits per heavy atom. The van der Waals surface area contributed by atoms with E-state index in [-0.39, 0.29) is 5.56 Å². The molecule has 0 aliphatic heterocycles. The molecule has 0 aliphatic rings. The van der Waals surface area contributed by atoms with Crippen molar-refractivity contribution in [2.75, 3.05) is 0 Å². The molecule has 0 aliphatic carbocycles. The fourth-order valence-electron chi connectivity index (χ4n) is 1.81. The summed E-state index contributed by atoms with van der Waals surface area (Å²) < 4.78 is 3.31. The highest BCUT2D eigenvalue weighted by Gasteiger charge is 2.19. The minimum absolute atomic E-state index is 0.217. The van der Waals surface area contributed by atoms with Gasteiger partial charge in [0.25, 0.3) is 0 Å². The van der Waals surface area contributed by atoms with Crippen LogP contribution in [0.5, 0.6) is 0 Å². The third-order valence-electron chi connectivity index (χ3n) is 2.80. The quantitative estimate of drug-likeness (QED) is 0.875. The average molecular weight is 248 g/mol. The van der Waals surface area contributed by atoms with Crippen LogP contribution < -0.4 is 0 Å². The minimum Gasteiger partial charge on any atom is -0.478 e. The number of nitrogens with zero attached hydrogens (tertiary/aromatic N) is 4. The SMILES string of the molecule is CCCCn1cc(C(=O)O)c(-c2ccnn2C)n1. The highest BCUT2D eigenvalue weighted by Crippen LogP contribution is 2.21. The second kappa shape index (κ2) is 5.03. The third kappa shape index (κ3) is 2.27. The number of aromatic nitrogens is 4. The predicted molar refractivity (Wildman–Crippen MR) is 66.3 cm³/mol. The van der Waals surface area contributed by atoms with Crippen molar-refractivity contribution < 1.29 is 9.90 Å². The molecule has 2 rings (SSSR count). The Morgan fingerprint density at radius 2 is 2.28 bits per heavy atom. The predicted octanol–water partition coefficient (Wildman–Crippen LogP) is 1.78. The van der Waals surface area contributed by atoms with Gasteiger partial charge in [-0.15, -0.1) is 0 Å². The number of unbranched alkanes of at least 4 members (excludes halogenated alkanes) is 1. The molecule has 2 aromatic heterocycles. The van der Waals surface area contributed by atoms with Crippen molar-refractivity contribution in [1.29, 1.82) is 0 Å². The Hall–Kier alpha value is -2.11. The van der Waals surface area contributed by atoms with Gasteiger partial charge in [0.15, 0.2) is 0 Å². The number of hydrogen-bond donors (Lipinski definition) is 1. The van der Waals surface area contributed by atoms with Crippen molar-refractivity contribution in [2.24, 2.45) is 7.05 Å². The van der Waals surface area contributed by atoms with Crippen molar-refractivity contribution in [2.45, 2.75) is 26.3 Å². The van der Waals surface area contributed by atoms with E-state index < -0.39 is 5.97 Å². The number of carboxylic acids is 1. The summed E-state index contributed by atoms with van der Waals surface area (Å²) in [6.45, 7) is 2.82. The Labute approximate surface area is 105 Å². The summed E-state index contributed by atoms with van der Waals surface area (Å²) >= 11 is 0. The zero-order valence-electron chi connectivity index (χ0n) is 10.5. The molecule has 0 radical (unpaired) electrons. The van der Waals surface area contributed by atoms with E-state index in [0.717, 1.165) is 19.4 Å². The number of rotatable bonds is 5. The highest BCUT2D eigenvalue weighted by molar-refractivity contribution is 5.94. The molecule has 18 heavy (non-hydrogen) atoms. The summed E-state index contributed by atoms with van der Waals surface area (Å²) in [7, 11) is 1.77. The van der Waals surface area contributed by atoms with Crippen LogP contribution in [0.1, 0.15) is 30.1 Å². The summed E-state index contributed by atoms with van der Waals surface area (Å²) in [5.74, 6) is -0.964. The van der Waals surface area contributed by atoms with Crippen LogP contribution in [0, 0.1) is 0 Å². The fourth-order valence-corrected chi connectivity index (χ4v) is 1.81. The molecule has 0 atom stereocenters. The molecule has 0 fully saturated rings. The molecule has 6 heteroatoms. The lowest BCUT2D eigenvalue weighted by Crippen LogP contribution is -2.00. The minimum atomic E-state index is -0.964. The Balaban J connectivity index is 2.42. The summed E-state index contributed by atoms with van der Waals surface area (Å²) in [4.78, 5) is 11.2. The molecular formula is C12H16N4O2. The molecule has 6 nitrogen and oxygen atoms in total. The molecule has 2 aromatic rings. The smallest absolute Gasteiger partial charge is 0.339 e. The van der Waals surface area contributed by atoms with Gasteiger partial charge >= 0.3 is 5.97 Å². The van der Waals surface area contributed by atoms with Crippen LogP contribution in [0.2, 0.25) is 0 Å². The molecule has 0 spiro atoms. The molecule has 0 saturated heterocycles. The average Bonchev–Trinajstić information content (AvgIpc) is 2.92. The maximum Gasteiger partial charge on any atom is 0.339 e. The molecule has 0 unspecified atom stereocenters. The first kappa shape index (κ1) is 12.3. The van der Waals surface area contributed by atoms with E-state index in [1.54, 1.807) is 34.9 Å². The van der Waals surface area contributed by atoms with Gasteiger partial charge in [0.1, 0.15) is 11.3 Å². The number of hydrogen-bond acceptors (Lipinski definition) is 3. The van der Waals surface area contributed by atoms with Gasteiger partial charge < -0.3 is 5.11 Å². The molecule has 0 amide bonds. The van der Waals surface area contributed by atoms with E-state index in [4.69, 9.17) is 0 Å². The van der Waals surface area contributed by atoms with Crippen molar-refractivity contribution in [3.05, 3.63) is 24.0 Å². The normalized spacial score (nSPS) is 10.8. The maximum atomic E-state index is 11.2. The first-order valence-electron chi connectivity index (χ1n) is 5.92. The lowest BCUT2D eigenvalue weighted by molar-refractivity contribution is 0.0697. The number of aromatic carboxylic acids is 1. The second-order valence-corrected chi connectivity index (χ2v) is 4.15. The number of aryl methyl sites for hydroxylation is 2. The Bertz CT molecular complexity index is 556. The van der Waals surface area contributed by atoms with Crippen molar-refractivity contribution >= 4 is 5.97 Å². The zero-order chi connectivity index (χ0) is 13.1. The first-order valence-corrected chi connectivity index (χ1v) is 5.92. The van der Waals surface area contributed by atoms with E-state index in [1.807, 2.05) is 0 Å². The van der Waals surface area contributed by atoms with E-state index in [9.17, 15) is 9.90 Å². The zero-order valence-corrected chi connectivity index (χ0v) is 10.5. The van der Waals surface area contributed by atoms with Gasteiger partial charge in [-0.25, -0.2) is 4.79 Å². The Morgan fingerprint density at radius 3 is 2.83 bits per heavy atom. The van der Waals surface area contributed by atoms with Crippen LogP contribution in [-0.2, 0) is 13.6 Å². The fraction of sp³-hybridized carbons (Fsp3) is 0.417. The number of carboxylic acid groups (broad SMARTS) is 1. The van der Waals surface area contributed by atoms with Gasteiger partial charge in [-0.3, -0.25) is 9.36 Å². The number of carbonyl (C=O) groups is 1. The first-order chi connectivity index (χ1) is 8.63. The molecule has 96 valence electrons. The van der Waals surface area contributed by atoms with Gasteiger partial charge in [-0.1, -0.05) is 13.3 Å². The van der Waals surface area contributed by atoms with Crippen LogP contribution in [0.4, 0.5) is 0 Å².